The largest absolute Gasteiger partial charge is 0.380 e. The van der Waals surface area contributed by atoms with E-state index in [0.717, 1.165) is 32.2 Å². The summed E-state index contributed by atoms with van der Waals surface area (Å²) in [6.45, 7) is 9.01. The van der Waals surface area contributed by atoms with Gasteiger partial charge in [-0.2, -0.15) is 0 Å². The number of hydrogen-bond acceptors (Lipinski definition) is 3. The molecule has 0 atom stereocenters. The highest BCUT2D eigenvalue weighted by Crippen LogP contribution is 2.26. The third-order valence-electron chi connectivity index (χ3n) is 4.00. The summed E-state index contributed by atoms with van der Waals surface area (Å²) in [5, 5.41) is 6.58. The van der Waals surface area contributed by atoms with Gasteiger partial charge in [0.2, 0.25) is 0 Å². The van der Waals surface area contributed by atoms with Crippen LogP contribution in [0.3, 0.4) is 0 Å². The lowest BCUT2D eigenvalue weighted by atomic mass is 10.00. The van der Waals surface area contributed by atoms with Crippen molar-refractivity contribution in [2.24, 2.45) is 4.99 Å². The van der Waals surface area contributed by atoms with Gasteiger partial charge < -0.3 is 20.3 Å². The molecule has 0 spiro atoms. The number of benzene rings is 1. The van der Waals surface area contributed by atoms with Crippen LogP contribution in [0.15, 0.2) is 23.2 Å². The minimum atomic E-state index is 0. The molecule has 1 aromatic carbocycles. The van der Waals surface area contributed by atoms with Crippen molar-refractivity contribution in [2.75, 3.05) is 44.8 Å². The first kappa shape index (κ1) is 21.0. The number of halogens is 1. The van der Waals surface area contributed by atoms with E-state index < -0.39 is 0 Å². The lowest BCUT2D eigenvalue weighted by Gasteiger charge is -2.27. The summed E-state index contributed by atoms with van der Waals surface area (Å²) in [5.41, 5.74) is 4.08. The Morgan fingerprint density at radius 2 is 2.12 bits per heavy atom. The predicted molar refractivity (Wildman–Crippen MR) is 113 cm³/mol. The summed E-state index contributed by atoms with van der Waals surface area (Å²) in [5.74, 6) is 0.849. The molecule has 1 aliphatic heterocycles. The highest BCUT2D eigenvalue weighted by molar-refractivity contribution is 14.0. The zero-order chi connectivity index (χ0) is 16.5. The molecule has 2 rings (SSSR count). The molecule has 0 aliphatic carbocycles. The first-order chi connectivity index (χ1) is 11.2. The van der Waals surface area contributed by atoms with E-state index in [9.17, 15) is 0 Å². The molecule has 2 N–H and O–H groups in total. The van der Waals surface area contributed by atoms with Crippen LogP contribution >= 0.6 is 24.0 Å². The molecule has 0 bridgehead atoms. The van der Waals surface area contributed by atoms with Crippen LogP contribution in [0.25, 0.3) is 0 Å². The molecule has 0 radical (unpaired) electrons. The maximum Gasteiger partial charge on any atom is 0.191 e. The number of aryl methyl sites for hydroxylation is 1. The van der Waals surface area contributed by atoms with Crippen molar-refractivity contribution in [3.05, 3.63) is 29.3 Å². The number of aliphatic imine (C=N–C) groups is 1. The van der Waals surface area contributed by atoms with E-state index in [0.29, 0.717) is 13.2 Å². The molecule has 1 aromatic rings. The Kier molecular flexibility index (Phi) is 10.1. The summed E-state index contributed by atoms with van der Waals surface area (Å²) in [6, 6.07) is 6.72. The van der Waals surface area contributed by atoms with Crippen LogP contribution in [-0.2, 0) is 17.7 Å². The highest BCUT2D eigenvalue weighted by Gasteiger charge is 2.13. The Morgan fingerprint density at radius 1 is 1.29 bits per heavy atom. The van der Waals surface area contributed by atoms with Crippen LogP contribution in [0.5, 0.6) is 0 Å². The van der Waals surface area contributed by atoms with Gasteiger partial charge in [0.15, 0.2) is 5.96 Å². The number of guanidine groups is 1. The molecule has 0 amide bonds. The summed E-state index contributed by atoms with van der Waals surface area (Å²) in [4.78, 5) is 7.01. The molecule has 1 aliphatic rings. The van der Waals surface area contributed by atoms with Gasteiger partial charge in [-0.3, -0.25) is 0 Å². The van der Waals surface area contributed by atoms with Crippen LogP contribution in [0.2, 0.25) is 0 Å². The average Bonchev–Trinajstić information content (AvgIpc) is 2.56. The number of ether oxygens (including phenoxy) is 1. The van der Waals surface area contributed by atoms with Crippen molar-refractivity contribution in [2.45, 2.75) is 33.2 Å². The van der Waals surface area contributed by atoms with Crippen LogP contribution in [0.1, 0.15) is 31.4 Å². The first-order valence-corrected chi connectivity index (χ1v) is 8.67. The van der Waals surface area contributed by atoms with Gasteiger partial charge in [0.05, 0.1) is 13.2 Å². The molecule has 0 saturated carbocycles. The number of fused-ring (bicyclic) bond motifs is 1. The Labute approximate surface area is 163 Å². The van der Waals surface area contributed by atoms with E-state index >= 15 is 0 Å². The Morgan fingerprint density at radius 3 is 2.88 bits per heavy atom. The Hall–Kier alpha value is -1.02. The zero-order valence-electron chi connectivity index (χ0n) is 15.1. The second-order valence-electron chi connectivity index (χ2n) is 5.81. The van der Waals surface area contributed by atoms with Gasteiger partial charge in [-0.15, -0.1) is 24.0 Å². The molecule has 136 valence electrons. The predicted octanol–water partition coefficient (Wildman–Crippen LogP) is 2.78. The van der Waals surface area contributed by atoms with Crippen molar-refractivity contribution >= 4 is 35.6 Å². The molecule has 1 heterocycles. The SMILES string of the molecule is CCNC(=NCc1ccc2c(c1)CCCN2C)NCCOCC.I. The van der Waals surface area contributed by atoms with Crippen LogP contribution in [0, 0.1) is 0 Å². The number of hydrogen-bond donors (Lipinski definition) is 2. The number of nitrogens with zero attached hydrogens (tertiary/aromatic N) is 2. The molecular formula is C18H31IN4O. The number of nitrogens with one attached hydrogen (secondary N) is 2. The van der Waals surface area contributed by atoms with Crippen molar-refractivity contribution < 1.29 is 4.74 Å². The van der Waals surface area contributed by atoms with Gasteiger partial charge in [-0.25, -0.2) is 4.99 Å². The molecule has 0 aromatic heterocycles. The second kappa shape index (κ2) is 11.5. The molecule has 0 saturated heterocycles. The maximum atomic E-state index is 5.35. The fourth-order valence-corrected chi connectivity index (χ4v) is 2.83. The maximum absolute atomic E-state index is 5.35. The third kappa shape index (κ3) is 6.47. The van der Waals surface area contributed by atoms with Gasteiger partial charge >= 0.3 is 0 Å². The van der Waals surface area contributed by atoms with E-state index in [4.69, 9.17) is 4.74 Å². The minimum absolute atomic E-state index is 0. The molecule has 0 fully saturated rings. The van der Waals surface area contributed by atoms with Gasteiger partial charge in [-0.1, -0.05) is 12.1 Å². The van der Waals surface area contributed by atoms with E-state index in [2.05, 4.69) is 52.7 Å². The minimum Gasteiger partial charge on any atom is -0.380 e. The van der Waals surface area contributed by atoms with E-state index in [-0.39, 0.29) is 24.0 Å². The first-order valence-electron chi connectivity index (χ1n) is 8.67. The quantitative estimate of drug-likeness (QED) is 0.293. The fraction of sp³-hybridized carbons (Fsp3) is 0.611. The van der Waals surface area contributed by atoms with Gasteiger partial charge in [0.25, 0.3) is 0 Å². The van der Waals surface area contributed by atoms with Crippen molar-refractivity contribution in [1.82, 2.24) is 10.6 Å². The van der Waals surface area contributed by atoms with Crippen LogP contribution < -0.4 is 15.5 Å². The number of anilines is 1. The molecule has 6 heteroatoms. The van der Waals surface area contributed by atoms with Gasteiger partial charge in [0.1, 0.15) is 0 Å². The Bertz CT molecular complexity index is 522. The van der Waals surface area contributed by atoms with E-state index in [1.807, 2.05) is 6.92 Å². The van der Waals surface area contributed by atoms with Crippen molar-refractivity contribution in [1.29, 1.82) is 0 Å². The van der Waals surface area contributed by atoms with Gasteiger partial charge in [-0.05, 0) is 43.9 Å². The summed E-state index contributed by atoms with van der Waals surface area (Å²) in [6.07, 6.45) is 2.40. The molecule has 0 unspecified atom stereocenters. The van der Waals surface area contributed by atoms with Crippen LogP contribution in [-0.4, -0.2) is 45.9 Å². The average molecular weight is 446 g/mol. The monoisotopic (exact) mass is 446 g/mol. The topological polar surface area (TPSA) is 48.9 Å². The highest BCUT2D eigenvalue weighted by atomic mass is 127. The summed E-state index contributed by atoms with van der Waals surface area (Å²) >= 11 is 0. The normalized spacial score (nSPS) is 14.0. The summed E-state index contributed by atoms with van der Waals surface area (Å²) in [7, 11) is 2.17. The summed E-state index contributed by atoms with van der Waals surface area (Å²) < 4.78 is 5.35. The molecule has 5 nitrogen and oxygen atoms in total. The van der Waals surface area contributed by atoms with E-state index in [1.54, 1.807) is 0 Å². The lowest BCUT2D eigenvalue weighted by Crippen LogP contribution is -2.39. The smallest absolute Gasteiger partial charge is 0.191 e. The number of rotatable bonds is 7. The van der Waals surface area contributed by atoms with Crippen molar-refractivity contribution in [3.8, 4) is 0 Å². The van der Waals surface area contributed by atoms with Crippen LogP contribution in [0.4, 0.5) is 5.69 Å². The van der Waals surface area contributed by atoms with Gasteiger partial charge in [0, 0.05) is 39.0 Å². The van der Waals surface area contributed by atoms with E-state index in [1.165, 1.54) is 29.7 Å². The second-order valence-corrected chi connectivity index (χ2v) is 5.81. The lowest BCUT2D eigenvalue weighted by molar-refractivity contribution is 0.152. The molecular weight excluding hydrogens is 415 g/mol. The zero-order valence-corrected chi connectivity index (χ0v) is 17.4. The Balaban J connectivity index is 0.00000288. The third-order valence-corrected chi connectivity index (χ3v) is 4.00. The standard InChI is InChI=1S/C18H30N4O.HI/c1-4-19-18(20-10-12-23-5-2)21-14-15-8-9-17-16(13-15)7-6-11-22(17)3;/h8-9,13H,4-7,10-12,14H2,1-3H3,(H2,19,20,21);1H. The fourth-order valence-electron chi connectivity index (χ4n) is 2.83. The van der Waals surface area contributed by atoms with Crippen molar-refractivity contribution in [3.63, 3.8) is 0 Å². The molecule has 24 heavy (non-hydrogen) atoms.